The van der Waals surface area contributed by atoms with E-state index in [0.29, 0.717) is 13.2 Å². The molecule has 0 saturated heterocycles. The van der Waals surface area contributed by atoms with Crippen LogP contribution in [0.25, 0.3) is 0 Å². The zero-order chi connectivity index (χ0) is 11.7. The molecule has 0 amide bonds. The van der Waals surface area contributed by atoms with Crippen molar-refractivity contribution in [3.8, 4) is 0 Å². The monoisotopic (exact) mass is 236 g/mol. The van der Waals surface area contributed by atoms with Crippen molar-refractivity contribution in [2.75, 3.05) is 13.2 Å². The molecule has 0 aliphatic rings. The molecular weight excluding hydrogens is 215 g/mol. The molecule has 0 aromatic heterocycles. The predicted octanol–water partition coefficient (Wildman–Crippen LogP) is 3.36. The topological polar surface area (TPSA) is 52.6 Å². The zero-order valence-electron chi connectivity index (χ0n) is 9.82. The fourth-order valence-corrected chi connectivity index (χ4v) is 2.05. The maximum atomic E-state index is 11.9. The summed E-state index contributed by atoms with van der Waals surface area (Å²) in [6.07, 6.45) is 3.45. The summed E-state index contributed by atoms with van der Waals surface area (Å²) in [5.41, 5.74) is -0.505. The van der Waals surface area contributed by atoms with E-state index in [4.69, 9.17) is 9.05 Å². The van der Waals surface area contributed by atoms with E-state index < -0.39 is 13.1 Å². The summed E-state index contributed by atoms with van der Waals surface area (Å²) in [6.45, 7) is 5.89. The number of unbranched alkanes of at least 4 members (excludes halogenated alkanes) is 2. The first-order valence-electron chi connectivity index (χ1n) is 5.47. The fourth-order valence-electron chi connectivity index (χ4n) is 0.877. The summed E-state index contributed by atoms with van der Waals surface area (Å²) in [5.74, 6) is 0. The normalized spacial score (nSPS) is 11.7. The SMILES string of the molecule is CCCCOP(=O)(OCCCC)C(C)=O. The van der Waals surface area contributed by atoms with Crippen molar-refractivity contribution < 1.29 is 18.4 Å². The van der Waals surface area contributed by atoms with Crippen LogP contribution in [0.3, 0.4) is 0 Å². The Hall–Kier alpha value is -0.180. The Kier molecular flexibility index (Phi) is 7.93. The van der Waals surface area contributed by atoms with E-state index in [2.05, 4.69) is 0 Å². The Morgan fingerprint density at radius 3 is 1.73 bits per heavy atom. The van der Waals surface area contributed by atoms with E-state index in [0.717, 1.165) is 25.7 Å². The van der Waals surface area contributed by atoms with Gasteiger partial charge >= 0.3 is 7.60 Å². The van der Waals surface area contributed by atoms with Crippen LogP contribution in [0.2, 0.25) is 0 Å². The molecule has 0 fully saturated rings. The van der Waals surface area contributed by atoms with Crippen LogP contribution in [-0.4, -0.2) is 18.7 Å². The summed E-state index contributed by atoms with van der Waals surface area (Å²) in [6, 6.07) is 0. The first-order valence-corrected chi connectivity index (χ1v) is 7.01. The number of carbonyl (C=O) groups excluding carboxylic acids is 1. The fraction of sp³-hybridized carbons (Fsp3) is 0.900. The molecule has 5 heteroatoms. The van der Waals surface area contributed by atoms with Crippen LogP contribution in [0.5, 0.6) is 0 Å². The largest absolute Gasteiger partial charge is 0.396 e. The molecule has 0 bridgehead atoms. The molecule has 0 aliphatic heterocycles. The van der Waals surface area contributed by atoms with Crippen LogP contribution in [0, 0.1) is 0 Å². The maximum absolute atomic E-state index is 11.9. The van der Waals surface area contributed by atoms with Gasteiger partial charge in [-0.05, 0) is 12.8 Å². The lowest BCUT2D eigenvalue weighted by Gasteiger charge is -2.15. The minimum Gasteiger partial charge on any atom is -0.303 e. The van der Waals surface area contributed by atoms with Crippen LogP contribution in [0.15, 0.2) is 0 Å². The smallest absolute Gasteiger partial charge is 0.303 e. The summed E-state index contributed by atoms with van der Waals surface area (Å²) < 4.78 is 22.0. The number of rotatable bonds is 9. The number of carbonyl (C=O) groups is 1. The average molecular weight is 236 g/mol. The molecule has 0 unspecified atom stereocenters. The van der Waals surface area contributed by atoms with Gasteiger partial charge in [-0.25, -0.2) is 0 Å². The second-order valence-corrected chi connectivity index (χ2v) is 5.53. The summed E-state index contributed by atoms with van der Waals surface area (Å²) >= 11 is 0. The lowest BCUT2D eigenvalue weighted by molar-refractivity contribution is -0.112. The molecule has 0 rings (SSSR count). The third-order valence-electron chi connectivity index (χ3n) is 1.90. The second-order valence-electron chi connectivity index (χ2n) is 3.39. The van der Waals surface area contributed by atoms with E-state index in [-0.39, 0.29) is 0 Å². The quantitative estimate of drug-likeness (QED) is 0.455. The molecule has 0 heterocycles. The molecule has 0 saturated carbocycles. The van der Waals surface area contributed by atoms with E-state index in [9.17, 15) is 9.36 Å². The highest BCUT2D eigenvalue weighted by Gasteiger charge is 2.30. The van der Waals surface area contributed by atoms with Crippen molar-refractivity contribution in [2.45, 2.75) is 46.5 Å². The van der Waals surface area contributed by atoms with Gasteiger partial charge in [0.05, 0.1) is 13.2 Å². The van der Waals surface area contributed by atoms with Gasteiger partial charge < -0.3 is 9.05 Å². The molecule has 90 valence electrons. The standard InChI is InChI=1S/C10H21O4P/c1-4-6-8-13-15(12,10(3)11)14-9-7-5-2/h4-9H2,1-3H3. The van der Waals surface area contributed by atoms with Crippen LogP contribution in [0.4, 0.5) is 0 Å². The second kappa shape index (κ2) is 8.03. The third-order valence-corrected chi connectivity index (χ3v) is 3.72. The Balaban J connectivity index is 4.08. The Morgan fingerprint density at radius 1 is 1.07 bits per heavy atom. The van der Waals surface area contributed by atoms with Gasteiger partial charge in [0.1, 0.15) is 0 Å². The first-order chi connectivity index (χ1) is 7.06. The number of hydrogen-bond acceptors (Lipinski definition) is 4. The summed E-state index contributed by atoms with van der Waals surface area (Å²) in [4.78, 5) is 11.1. The van der Waals surface area contributed by atoms with Crippen molar-refractivity contribution in [1.29, 1.82) is 0 Å². The highest BCUT2D eigenvalue weighted by atomic mass is 31.2. The average Bonchev–Trinajstić information content (AvgIpc) is 2.18. The molecule has 4 nitrogen and oxygen atoms in total. The van der Waals surface area contributed by atoms with E-state index in [1.165, 1.54) is 6.92 Å². The maximum Gasteiger partial charge on any atom is 0.396 e. The Morgan fingerprint density at radius 2 is 1.47 bits per heavy atom. The highest BCUT2D eigenvalue weighted by Crippen LogP contribution is 2.49. The van der Waals surface area contributed by atoms with Gasteiger partial charge in [0, 0.05) is 6.92 Å². The molecule has 0 spiro atoms. The van der Waals surface area contributed by atoms with Crippen LogP contribution < -0.4 is 0 Å². The molecule has 0 atom stereocenters. The van der Waals surface area contributed by atoms with Gasteiger partial charge in [-0.3, -0.25) is 9.36 Å². The van der Waals surface area contributed by atoms with Crippen LogP contribution in [0.1, 0.15) is 46.5 Å². The third kappa shape index (κ3) is 6.08. The summed E-state index contributed by atoms with van der Waals surface area (Å²) in [5, 5.41) is 0. The van der Waals surface area contributed by atoms with Crippen LogP contribution >= 0.6 is 7.60 Å². The minimum atomic E-state index is -3.49. The van der Waals surface area contributed by atoms with Gasteiger partial charge in [0.15, 0.2) is 0 Å². The van der Waals surface area contributed by atoms with Crippen molar-refractivity contribution in [1.82, 2.24) is 0 Å². The van der Waals surface area contributed by atoms with E-state index in [1.54, 1.807) is 0 Å². The van der Waals surface area contributed by atoms with E-state index >= 15 is 0 Å². The highest BCUT2D eigenvalue weighted by molar-refractivity contribution is 7.71. The van der Waals surface area contributed by atoms with Crippen molar-refractivity contribution in [3.05, 3.63) is 0 Å². The van der Waals surface area contributed by atoms with Crippen molar-refractivity contribution in [3.63, 3.8) is 0 Å². The van der Waals surface area contributed by atoms with Gasteiger partial charge in [0.25, 0.3) is 0 Å². The lowest BCUT2D eigenvalue weighted by atomic mass is 10.4. The molecule has 0 aliphatic carbocycles. The number of hydrogen-bond donors (Lipinski definition) is 0. The van der Waals surface area contributed by atoms with Gasteiger partial charge in [-0.15, -0.1) is 0 Å². The van der Waals surface area contributed by atoms with Gasteiger partial charge in [-0.1, -0.05) is 26.7 Å². The molecule has 0 aromatic rings. The molecule has 0 N–H and O–H groups in total. The van der Waals surface area contributed by atoms with Gasteiger partial charge in [-0.2, -0.15) is 0 Å². The lowest BCUT2D eigenvalue weighted by Crippen LogP contribution is -2.05. The minimum absolute atomic E-state index is 0.319. The Bertz CT molecular complexity index is 213. The van der Waals surface area contributed by atoms with Crippen molar-refractivity contribution >= 4 is 13.1 Å². The summed E-state index contributed by atoms with van der Waals surface area (Å²) in [7, 11) is -3.49. The van der Waals surface area contributed by atoms with Crippen molar-refractivity contribution in [2.24, 2.45) is 0 Å². The first kappa shape index (κ1) is 14.8. The molecule has 15 heavy (non-hydrogen) atoms. The van der Waals surface area contributed by atoms with Crippen LogP contribution in [-0.2, 0) is 18.4 Å². The molecule has 0 aromatic carbocycles. The zero-order valence-corrected chi connectivity index (χ0v) is 10.7. The molecule has 0 radical (unpaired) electrons. The Labute approximate surface area is 91.9 Å². The molecular formula is C10H21O4P. The predicted molar refractivity (Wildman–Crippen MR) is 60.0 cm³/mol. The van der Waals surface area contributed by atoms with E-state index in [1.807, 2.05) is 13.8 Å². The van der Waals surface area contributed by atoms with Gasteiger partial charge in [0.2, 0.25) is 5.52 Å².